The number of amides is 1. The molecule has 0 spiro atoms. The molecule has 0 N–H and O–H groups in total. The fourth-order valence-corrected chi connectivity index (χ4v) is 4.36. The van der Waals surface area contributed by atoms with Crippen molar-refractivity contribution in [3.63, 3.8) is 0 Å². The lowest BCUT2D eigenvalue weighted by atomic mass is 10.0. The van der Waals surface area contributed by atoms with E-state index >= 15 is 0 Å². The number of pyridine rings is 1. The first-order valence-electron chi connectivity index (χ1n) is 8.66. The maximum atomic E-state index is 12.9. The highest BCUT2D eigenvalue weighted by Crippen LogP contribution is 2.34. The van der Waals surface area contributed by atoms with Gasteiger partial charge in [-0.05, 0) is 39.7 Å². The summed E-state index contributed by atoms with van der Waals surface area (Å²) in [6, 6.07) is 4.06. The number of carbonyl (C=O) groups excluding carboxylic acids is 1. The molecule has 1 aliphatic heterocycles. The van der Waals surface area contributed by atoms with E-state index in [9.17, 15) is 4.79 Å². The largest absolute Gasteiger partial charge is 0.361 e. The number of carbonyl (C=O) groups is 1. The minimum absolute atomic E-state index is 0.0164. The van der Waals surface area contributed by atoms with E-state index in [2.05, 4.69) is 15.1 Å². The maximum absolute atomic E-state index is 12.9. The number of aromatic nitrogens is 3. The Morgan fingerprint density at radius 1 is 1.23 bits per heavy atom. The fraction of sp³-hybridized carbons (Fsp3) is 0.368. The molecule has 6 nitrogen and oxygen atoms in total. The Morgan fingerprint density at radius 2 is 2.08 bits per heavy atom. The van der Waals surface area contributed by atoms with Crippen molar-refractivity contribution in [2.45, 2.75) is 39.7 Å². The molecule has 4 rings (SSSR count). The van der Waals surface area contributed by atoms with Crippen molar-refractivity contribution >= 4 is 17.2 Å². The van der Waals surface area contributed by atoms with Gasteiger partial charge in [-0.25, -0.2) is 4.98 Å². The lowest BCUT2D eigenvalue weighted by Gasteiger charge is -2.24. The van der Waals surface area contributed by atoms with Crippen LogP contribution >= 0.6 is 11.3 Å². The fourth-order valence-electron chi connectivity index (χ4n) is 3.60. The number of hydrogen-bond acceptors (Lipinski definition) is 6. The molecule has 0 saturated carbocycles. The Bertz CT molecular complexity index is 925. The number of nitrogens with zero attached hydrogens (tertiary/aromatic N) is 4. The summed E-state index contributed by atoms with van der Waals surface area (Å²) in [4.78, 5) is 24.4. The first-order valence-corrected chi connectivity index (χ1v) is 9.54. The highest BCUT2D eigenvalue weighted by Gasteiger charge is 2.32. The van der Waals surface area contributed by atoms with Crippen LogP contribution < -0.4 is 0 Å². The Labute approximate surface area is 155 Å². The van der Waals surface area contributed by atoms with Gasteiger partial charge in [0.05, 0.1) is 28.6 Å². The Hall–Kier alpha value is -2.54. The van der Waals surface area contributed by atoms with E-state index in [0.29, 0.717) is 0 Å². The van der Waals surface area contributed by atoms with Gasteiger partial charge in [-0.1, -0.05) is 11.2 Å². The van der Waals surface area contributed by atoms with Crippen LogP contribution in [0.15, 0.2) is 28.4 Å². The van der Waals surface area contributed by atoms with E-state index in [-0.39, 0.29) is 11.9 Å². The molecule has 1 atom stereocenters. The van der Waals surface area contributed by atoms with Crippen LogP contribution in [0.1, 0.15) is 51.4 Å². The topological polar surface area (TPSA) is 72.1 Å². The predicted molar refractivity (Wildman–Crippen MR) is 99.1 cm³/mol. The molecule has 3 aromatic rings. The van der Waals surface area contributed by atoms with Gasteiger partial charge >= 0.3 is 0 Å². The van der Waals surface area contributed by atoms with Gasteiger partial charge in [-0.3, -0.25) is 9.78 Å². The van der Waals surface area contributed by atoms with E-state index in [4.69, 9.17) is 4.52 Å². The molecule has 1 saturated heterocycles. The van der Waals surface area contributed by atoms with Crippen LogP contribution in [-0.2, 0) is 0 Å². The van der Waals surface area contributed by atoms with Crippen molar-refractivity contribution < 1.29 is 9.32 Å². The van der Waals surface area contributed by atoms with Crippen molar-refractivity contribution in [2.75, 3.05) is 6.54 Å². The van der Waals surface area contributed by atoms with Gasteiger partial charge in [0.25, 0.3) is 5.91 Å². The summed E-state index contributed by atoms with van der Waals surface area (Å²) >= 11 is 1.41. The summed E-state index contributed by atoms with van der Waals surface area (Å²) < 4.78 is 5.25. The molecule has 0 aromatic carbocycles. The molecule has 0 radical (unpaired) electrons. The van der Waals surface area contributed by atoms with E-state index < -0.39 is 0 Å². The number of rotatable bonds is 3. The number of aryl methyl sites for hydroxylation is 3. The molecule has 0 bridgehead atoms. The molecular formula is C19H20N4O2S. The van der Waals surface area contributed by atoms with E-state index in [1.807, 2.05) is 44.0 Å². The second kappa shape index (κ2) is 6.64. The molecule has 134 valence electrons. The third-order valence-electron chi connectivity index (χ3n) is 4.90. The molecule has 3 aromatic heterocycles. The average molecular weight is 368 g/mol. The zero-order valence-electron chi connectivity index (χ0n) is 15.0. The van der Waals surface area contributed by atoms with Gasteiger partial charge in [-0.15, -0.1) is 11.3 Å². The van der Waals surface area contributed by atoms with E-state index in [0.717, 1.165) is 58.2 Å². The molecular weight excluding hydrogens is 348 g/mol. The lowest BCUT2D eigenvalue weighted by molar-refractivity contribution is 0.0737. The summed E-state index contributed by atoms with van der Waals surface area (Å²) in [6.45, 7) is 6.46. The lowest BCUT2D eigenvalue weighted by Crippen LogP contribution is -2.30. The van der Waals surface area contributed by atoms with Gasteiger partial charge in [0.15, 0.2) is 0 Å². The van der Waals surface area contributed by atoms with E-state index in [1.54, 1.807) is 5.51 Å². The zero-order chi connectivity index (χ0) is 18.3. The van der Waals surface area contributed by atoms with Gasteiger partial charge in [0, 0.05) is 23.9 Å². The number of hydrogen-bond donors (Lipinski definition) is 0. The molecule has 1 amide bonds. The monoisotopic (exact) mass is 368 g/mol. The van der Waals surface area contributed by atoms with Gasteiger partial charge < -0.3 is 9.42 Å². The highest BCUT2D eigenvalue weighted by atomic mass is 32.1. The quantitative estimate of drug-likeness (QED) is 0.696. The van der Waals surface area contributed by atoms with Gasteiger partial charge in [0.2, 0.25) is 0 Å². The third kappa shape index (κ3) is 2.82. The highest BCUT2D eigenvalue weighted by molar-refractivity contribution is 7.11. The molecule has 0 aliphatic carbocycles. The van der Waals surface area contributed by atoms with Crippen molar-refractivity contribution in [3.05, 3.63) is 51.6 Å². The molecule has 7 heteroatoms. The van der Waals surface area contributed by atoms with Crippen molar-refractivity contribution in [2.24, 2.45) is 0 Å². The van der Waals surface area contributed by atoms with Crippen molar-refractivity contribution in [3.8, 4) is 11.1 Å². The maximum Gasteiger partial charge on any atom is 0.266 e. The van der Waals surface area contributed by atoms with Gasteiger partial charge in [-0.2, -0.15) is 0 Å². The van der Waals surface area contributed by atoms with Crippen LogP contribution in [0.3, 0.4) is 0 Å². The van der Waals surface area contributed by atoms with Crippen LogP contribution in [0.4, 0.5) is 0 Å². The molecule has 1 unspecified atom stereocenters. The van der Waals surface area contributed by atoms with Crippen LogP contribution in [-0.4, -0.2) is 32.5 Å². The van der Waals surface area contributed by atoms with Crippen molar-refractivity contribution in [1.29, 1.82) is 0 Å². The average Bonchev–Trinajstić information content (AvgIpc) is 3.35. The smallest absolute Gasteiger partial charge is 0.266 e. The van der Waals surface area contributed by atoms with Crippen LogP contribution in [0, 0.1) is 20.8 Å². The molecule has 1 aliphatic rings. The standard InChI is InChI=1S/C19H20N4O2S/c1-11-17(13(3)25-22-11)14-6-7-15(20-9-14)16-5-4-8-23(16)19(24)18-12(2)21-10-26-18/h6-7,9-10,16H,4-5,8H2,1-3H3. The second-order valence-corrected chi connectivity index (χ2v) is 7.45. The molecule has 1 fully saturated rings. The first-order chi connectivity index (χ1) is 12.6. The van der Waals surface area contributed by atoms with Crippen LogP contribution in [0.2, 0.25) is 0 Å². The van der Waals surface area contributed by atoms with Crippen LogP contribution in [0.5, 0.6) is 0 Å². The van der Waals surface area contributed by atoms with Crippen molar-refractivity contribution in [1.82, 2.24) is 20.0 Å². The SMILES string of the molecule is Cc1ncsc1C(=O)N1CCCC1c1ccc(-c2c(C)noc2C)cn1. The summed E-state index contributed by atoms with van der Waals surface area (Å²) in [5.41, 5.74) is 6.28. The summed E-state index contributed by atoms with van der Waals surface area (Å²) in [5.74, 6) is 0.847. The molecule has 26 heavy (non-hydrogen) atoms. The zero-order valence-corrected chi connectivity index (χ0v) is 15.8. The Morgan fingerprint density at radius 3 is 2.69 bits per heavy atom. The summed E-state index contributed by atoms with van der Waals surface area (Å²) in [5, 5.41) is 4.00. The second-order valence-electron chi connectivity index (χ2n) is 6.59. The van der Waals surface area contributed by atoms with Crippen LogP contribution in [0.25, 0.3) is 11.1 Å². The van der Waals surface area contributed by atoms with Gasteiger partial charge in [0.1, 0.15) is 10.6 Å². The Kier molecular flexibility index (Phi) is 4.32. The Balaban J connectivity index is 1.61. The predicted octanol–water partition coefficient (Wildman–Crippen LogP) is 4.10. The molecule has 4 heterocycles. The third-order valence-corrected chi connectivity index (χ3v) is 5.82. The number of thiazole rings is 1. The minimum atomic E-state index is 0.0164. The van der Waals surface area contributed by atoms with E-state index in [1.165, 1.54) is 11.3 Å². The summed E-state index contributed by atoms with van der Waals surface area (Å²) in [7, 11) is 0. The normalized spacial score (nSPS) is 17.0. The summed E-state index contributed by atoms with van der Waals surface area (Å²) in [6.07, 6.45) is 3.77. The minimum Gasteiger partial charge on any atom is -0.361 e. The number of likely N-dealkylation sites (tertiary alicyclic amines) is 1. The first kappa shape index (κ1) is 16.9.